The highest BCUT2D eigenvalue weighted by atomic mass is 32.1. The highest BCUT2D eigenvalue weighted by Gasteiger charge is 2.17. The molecule has 0 fully saturated rings. The molecule has 0 radical (unpaired) electrons. The molecule has 4 rings (SSSR count). The molecule has 9 heteroatoms. The van der Waals surface area contributed by atoms with Crippen LogP contribution in [-0.4, -0.2) is 31.7 Å². The summed E-state index contributed by atoms with van der Waals surface area (Å²) in [6, 6.07) is 14.1. The maximum absolute atomic E-state index is 14.9. The molecule has 0 amide bonds. The first kappa shape index (κ1) is 24.9. The molecular formula is C26H27FN4O2S2. The predicted octanol–water partition coefficient (Wildman–Crippen LogP) is 8.38. The summed E-state index contributed by atoms with van der Waals surface area (Å²) in [4.78, 5) is 20.1. The van der Waals surface area contributed by atoms with Gasteiger partial charge in [0.2, 0.25) is 0 Å². The molecule has 0 N–H and O–H groups in total. The van der Waals surface area contributed by atoms with Crippen LogP contribution in [0.2, 0.25) is 0 Å². The Bertz CT molecular complexity index is 1300. The Morgan fingerprint density at radius 2 is 1.74 bits per heavy atom. The first-order valence-electron chi connectivity index (χ1n) is 11.5. The molecule has 0 saturated heterocycles. The molecule has 0 bridgehead atoms. The van der Waals surface area contributed by atoms with Gasteiger partial charge in [0.15, 0.2) is 0 Å². The smallest absolute Gasteiger partial charge is 0.348 e. The van der Waals surface area contributed by atoms with Crippen molar-refractivity contribution in [1.82, 2.24) is 4.98 Å². The summed E-state index contributed by atoms with van der Waals surface area (Å²) in [6.07, 6.45) is 4.22. The molecule has 6 nitrogen and oxygen atoms in total. The van der Waals surface area contributed by atoms with Gasteiger partial charge in [0.1, 0.15) is 20.5 Å². The monoisotopic (exact) mass is 510 g/mol. The van der Waals surface area contributed by atoms with Crippen molar-refractivity contribution in [3.8, 4) is 10.6 Å². The third-order valence-electron chi connectivity index (χ3n) is 5.35. The molecular weight excluding hydrogens is 483 g/mol. The number of ether oxygens (including phenoxy) is 1. The summed E-state index contributed by atoms with van der Waals surface area (Å²) in [7, 11) is 3.94. The van der Waals surface area contributed by atoms with Crippen molar-refractivity contribution in [2.24, 2.45) is 10.2 Å². The lowest BCUT2D eigenvalue weighted by Gasteiger charge is -2.11. The van der Waals surface area contributed by atoms with Crippen LogP contribution in [0.4, 0.5) is 21.5 Å². The summed E-state index contributed by atoms with van der Waals surface area (Å²) >= 11 is 2.62. The number of anilines is 1. The Hall–Kier alpha value is -3.17. The van der Waals surface area contributed by atoms with Crippen molar-refractivity contribution in [2.75, 3.05) is 25.6 Å². The highest BCUT2D eigenvalue weighted by molar-refractivity contribution is 7.29. The topological polar surface area (TPSA) is 67.2 Å². The van der Waals surface area contributed by atoms with Crippen LogP contribution < -0.4 is 4.90 Å². The van der Waals surface area contributed by atoms with Crippen molar-refractivity contribution in [3.63, 3.8) is 0 Å². The van der Waals surface area contributed by atoms with E-state index in [1.165, 1.54) is 28.7 Å². The van der Waals surface area contributed by atoms with E-state index in [1.54, 1.807) is 18.2 Å². The van der Waals surface area contributed by atoms with Gasteiger partial charge in [-0.3, -0.25) is 0 Å². The maximum Gasteiger partial charge on any atom is 0.348 e. The van der Waals surface area contributed by atoms with Crippen LogP contribution in [0.25, 0.3) is 20.1 Å². The summed E-state index contributed by atoms with van der Waals surface area (Å²) < 4.78 is 21.1. The number of nitrogens with zero attached hydrogens (tertiary/aromatic N) is 4. The second-order valence-corrected chi connectivity index (χ2v) is 10.3. The number of carbonyl (C=O) groups excluding carboxylic acids is 1. The Balaban J connectivity index is 1.42. The number of aromatic nitrogens is 1. The maximum atomic E-state index is 14.9. The molecule has 0 saturated carbocycles. The second-order valence-electron chi connectivity index (χ2n) is 8.27. The molecule has 182 valence electrons. The predicted molar refractivity (Wildman–Crippen MR) is 142 cm³/mol. The van der Waals surface area contributed by atoms with Crippen LogP contribution >= 0.6 is 22.7 Å². The van der Waals surface area contributed by atoms with E-state index in [1.807, 2.05) is 43.3 Å². The molecule has 4 aromatic rings. The third-order valence-corrected chi connectivity index (χ3v) is 7.53. The molecule has 0 spiro atoms. The minimum atomic E-state index is -0.419. The van der Waals surface area contributed by atoms with Gasteiger partial charge in [-0.05, 0) is 48.9 Å². The van der Waals surface area contributed by atoms with E-state index in [2.05, 4.69) is 22.1 Å². The van der Waals surface area contributed by atoms with Gasteiger partial charge in [-0.25, -0.2) is 14.2 Å². The third kappa shape index (κ3) is 6.29. The fourth-order valence-corrected chi connectivity index (χ4v) is 5.52. The fraction of sp³-hybridized carbons (Fsp3) is 0.308. The van der Waals surface area contributed by atoms with Gasteiger partial charge in [-0.2, -0.15) is 10.2 Å². The summed E-state index contributed by atoms with van der Waals surface area (Å²) in [6.45, 7) is 2.57. The number of rotatable bonds is 10. The first-order valence-corrected chi connectivity index (χ1v) is 13.1. The number of hydrogen-bond donors (Lipinski definition) is 0. The van der Waals surface area contributed by atoms with Gasteiger partial charge in [0, 0.05) is 31.4 Å². The highest BCUT2D eigenvalue weighted by Crippen LogP contribution is 2.37. The van der Waals surface area contributed by atoms with E-state index < -0.39 is 5.82 Å². The van der Waals surface area contributed by atoms with Crippen molar-refractivity contribution < 1.29 is 13.9 Å². The van der Waals surface area contributed by atoms with Crippen LogP contribution in [0.15, 0.2) is 58.8 Å². The standard InChI is InChI=1S/C26H27FN4O2S2/c1-4-5-6-7-14-33-26(32)23-16-22-25(35-23)28-24(34-22)20-13-10-18(15-21(20)27)30-29-17-8-11-19(12-9-17)31(2)3/h8-13,15-16H,4-7,14H2,1-3H3. The number of hydrogen-bond acceptors (Lipinski definition) is 8. The molecule has 0 atom stereocenters. The minimum absolute atomic E-state index is 0.324. The summed E-state index contributed by atoms with van der Waals surface area (Å²) in [5.41, 5.74) is 2.57. The lowest BCUT2D eigenvalue weighted by molar-refractivity contribution is 0.0503. The van der Waals surface area contributed by atoms with E-state index in [0.717, 1.165) is 36.1 Å². The molecule has 2 heterocycles. The number of benzene rings is 2. The Labute approximate surface area is 212 Å². The molecule has 2 aromatic carbocycles. The normalized spacial score (nSPS) is 11.4. The van der Waals surface area contributed by atoms with Crippen molar-refractivity contribution in [3.05, 3.63) is 59.2 Å². The van der Waals surface area contributed by atoms with Gasteiger partial charge < -0.3 is 9.64 Å². The van der Waals surface area contributed by atoms with Crippen LogP contribution in [0.5, 0.6) is 0 Å². The number of halogens is 1. The van der Waals surface area contributed by atoms with E-state index in [0.29, 0.717) is 38.3 Å². The molecule has 2 aromatic heterocycles. The number of thiazole rings is 1. The molecule has 35 heavy (non-hydrogen) atoms. The lowest BCUT2D eigenvalue weighted by Crippen LogP contribution is -2.07. The number of esters is 1. The average Bonchev–Trinajstić information content (AvgIpc) is 3.42. The van der Waals surface area contributed by atoms with Gasteiger partial charge in [0.25, 0.3) is 0 Å². The van der Waals surface area contributed by atoms with Gasteiger partial charge in [0.05, 0.1) is 22.7 Å². The zero-order chi connectivity index (χ0) is 24.8. The Morgan fingerprint density at radius 3 is 2.43 bits per heavy atom. The summed E-state index contributed by atoms with van der Waals surface area (Å²) in [5.74, 6) is -0.743. The minimum Gasteiger partial charge on any atom is -0.462 e. The number of carbonyl (C=O) groups is 1. The van der Waals surface area contributed by atoms with Crippen LogP contribution in [-0.2, 0) is 4.74 Å². The van der Waals surface area contributed by atoms with Crippen molar-refractivity contribution in [2.45, 2.75) is 32.6 Å². The average molecular weight is 511 g/mol. The zero-order valence-electron chi connectivity index (χ0n) is 20.0. The summed E-state index contributed by atoms with van der Waals surface area (Å²) in [5, 5.41) is 8.91. The molecule has 0 aliphatic rings. The van der Waals surface area contributed by atoms with E-state index >= 15 is 0 Å². The lowest BCUT2D eigenvalue weighted by atomic mass is 10.2. The Morgan fingerprint density at radius 1 is 1.00 bits per heavy atom. The van der Waals surface area contributed by atoms with E-state index in [4.69, 9.17) is 4.74 Å². The quantitative estimate of drug-likeness (QED) is 0.122. The van der Waals surface area contributed by atoms with Gasteiger partial charge in [-0.15, -0.1) is 22.7 Å². The van der Waals surface area contributed by atoms with Crippen LogP contribution in [0, 0.1) is 5.82 Å². The van der Waals surface area contributed by atoms with Crippen molar-refractivity contribution >= 4 is 55.2 Å². The number of unbranched alkanes of at least 4 members (excludes halogenated alkanes) is 3. The van der Waals surface area contributed by atoms with Crippen LogP contribution in [0.3, 0.4) is 0 Å². The Kier molecular flexibility index (Phi) is 8.20. The largest absolute Gasteiger partial charge is 0.462 e. The SMILES string of the molecule is CCCCCCOC(=O)c1cc2sc(-c3ccc(N=Nc4ccc(N(C)C)cc4)cc3F)nc2s1. The first-order chi connectivity index (χ1) is 16.9. The number of thiophene rings is 1. The van der Waals surface area contributed by atoms with E-state index in [9.17, 15) is 9.18 Å². The molecule has 0 unspecified atom stereocenters. The second kappa shape index (κ2) is 11.5. The number of fused-ring (bicyclic) bond motifs is 1. The van der Waals surface area contributed by atoms with Crippen molar-refractivity contribution in [1.29, 1.82) is 0 Å². The molecule has 0 aliphatic heterocycles. The van der Waals surface area contributed by atoms with E-state index in [-0.39, 0.29) is 5.97 Å². The zero-order valence-corrected chi connectivity index (χ0v) is 21.6. The number of azo groups is 1. The van der Waals surface area contributed by atoms with Crippen LogP contribution in [0.1, 0.15) is 42.3 Å². The van der Waals surface area contributed by atoms with Gasteiger partial charge in [-0.1, -0.05) is 26.2 Å². The molecule has 0 aliphatic carbocycles. The van der Waals surface area contributed by atoms with Gasteiger partial charge >= 0.3 is 5.97 Å². The fourth-order valence-electron chi connectivity index (χ4n) is 3.39.